The van der Waals surface area contributed by atoms with Crippen LogP contribution in [0.3, 0.4) is 0 Å². The average molecular weight is 229 g/mol. The summed E-state index contributed by atoms with van der Waals surface area (Å²) in [6.45, 7) is 2.15. The molecule has 0 amide bonds. The van der Waals surface area contributed by atoms with E-state index >= 15 is 0 Å². The summed E-state index contributed by atoms with van der Waals surface area (Å²) in [5.74, 6) is 0.162. The normalized spacial score (nSPS) is 25.5. The summed E-state index contributed by atoms with van der Waals surface area (Å²) in [4.78, 5) is 0. The average Bonchev–Trinajstić information content (AvgIpc) is 2.58. The molecule has 0 aliphatic carbocycles. The molecule has 0 spiro atoms. The summed E-state index contributed by atoms with van der Waals surface area (Å²) in [6, 6.07) is 3.75. The van der Waals surface area contributed by atoms with E-state index in [9.17, 15) is 8.78 Å². The van der Waals surface area contributed by atoms with Crippen LogP contribution in [0.15, 0.2) is 18.2 Å². The van der Waals surface area contributed by atoms with E-state index in [1.807, 2.05) is 11.8 Å². The highest BCUT2D eigenvalue weighted by Gasteiger charge is 2.22. The van der Waals surface area contributed by atoms with Crippen molar-refractivity contribution in [2.75, 3.05) is 11.1 Å². The lowest BCUT2D eigenvalue weighted by Gasteiger charge is -2.13. The predicted octanol–water partition coefficient (Wildman–Crippen LogP) is 3.27. The van der Waals surface area contributed by atoms with Gasteiger partial charge < -0.3 is 5.32 Å². The Bertz CT molecular complexity index is 356. The number of hydrogen-bond acceptors (Lipinski definition) is 2. The number of halogens is 2. The van der Waals surface area contributed by atoms with Crippen LogP contribution in [-0.2, 0) is 0 Å². The fourth-order valence-corrected chi connectivity index (χ4v) is 2.89. The molecule has 1 N–H and O–H groups in total. The van der Waals surface area contributed by atoms with Crippen LogP contribution in [0.2, 0.25) is 0 Å². The molecule has 0 aromatic heterocycles. The lowest BCUT2D eigenvalue weighted by atomic mass is 10.2. The van der Waals surface area contributed by atoms with Crippen LogP contribution in [0.1, 0.15) is 13.3 Å². The standard InChI is InChI=1S/C11H13F2NS/c1-7-4-9(6-15-7)14-11-5-8(12)2-3-10(11)13/h2-3,5,7,9,14H,4,6H2,1H3. The molecule has 0 saturated carbocycles. The number of hydrogen-bond donors (Lipinski definition) is 1. The second kappa shape index (κ2) is 4.39. The first-order chi connectivity index (χ1) is 7.15. The third-order valence-electron chi connectivity index (χ3n) is 2.49. The van der Waals surface area contributed by atoms with Gasteiger partial charge in [0.05, 0.1) is 5.69 Å². The monoisotopic (exact) mass is 229 g/mol. The molecule has 1 heterocycles. The maximum atomic E-state index is 13.3. The molecule has 1 nitrogen and oxygen atoms in total. The summed E-state index contributed by atoms with van der Waals surface area (Å²) in [5.41, 5.74) is 0.273. The number of thioether (sulfide) groups is 1. The van der Waals surface area contributed by atoms with Crippen molar-refractivity contribution in [3.05, 3.63) is 29.8 Å². The number of nitrogens with one attached hydrogen (secondary N) is 1. The second-order valence-corrected chi connectivity index (χ2v) is 5.32. The van der Waals surface area contributed by atoms with Crippen molar-refractivity contribution in [1.29, 1.82) is 0 Å². The molecule has 82 valence electrons. The Kier molecular flexibility index (Phi) is 3.14. The van der Waals surface area contributed by atoms with Gasteiger partial charge in [0, 0.05) is 17.0 Å². The summed E-state index contributed by atoms with van der Waals surface area (Å²) >= 11 is 1.86. The first-order valence-corrected chi connectivity index (χ1v) is 6.03. The molecule has 0 bridgehead atoms. The summed E-state index contributed by atoms with van der Waals surface area (Å²) < 4.78 is 26.2. The lowest BCUT2D eigenvalue weighted by molar-refractivity contribution is 0.599. The third kappa shape index (κ3) is 2.62. The largest absolute Gasteiger partial charge is 0.379 e. The Labute approximate surface area is 92.3 Å². The lowest BCUT2D eigenvalue weighted by Crippen LogP contribution is -2.19. The van der Waals surface area contributed by atoms with Gasteiger partial charge in [-0.1, -0.05) is 6.92 Å². The minimum Gasteiger partial charge on any atom is -0.379 e. The molecule has 2 unspecified atom stereocenters. The summed E-state index contributed by atoms with van der Waals surface area (Å²) in [5, 5.41) is 3.64. The van der Waals surface area contributed by atoms with E-state index in [1.54, 1.807) is 0 Å². The topological polar surface area (TPSA) is 12.0 Å². The van der Waals surface area contributed by atoms with Crippen LogP contribution in [0.4, 0.5) is 14.5 Å². The molecule has 0 radical (unpaired) electrons. The highest BCUT2D eigenvalue weighted by molar-refractivity contribution is 8.00. The van der Waals surface area contributed by atoms with Crippen molar-refractivity contribution in [3.63, 3.8) is 0 Å². The molecule has 2 rings (SSSR count). The molecule has 1 fully saturated rings. The maximum absolute atomic E-state index is 13.3. The van der Waals surface area contributed by atoms with Crippen LogP contribution in [0.5, 0.6) is 0 Å². The summed E-state index contributed by atoms with van der Waals surface area (Å²) in [6.07, 6.45) is 1.00. The van der Waals surface area contributed by atoms with Crippen molar-refractivity contribution in [1.82, 2.24) is 0 Å². The van der Waals surface area contributed by atoms with Gasteiger partial charge in [0.25, 0.3) is 0 Å². The molecule has 1 aromatic carbocycles. The van der Waals surface area contributed by atoms with E-state index in [1.165, 1.54) is 6.07 Å². The zero-order valence-electron chi connectivity index (χ0n) is 8.47. The number of anilines is 1. The van der Waals surface area contributed by atoms with Gasteiger partial charge in [0.1, 0.15) is 11.6 Å². The number of rotatable bonds is 2. The van der Waals surface area contributed by atoms with E-state index in [2.05, 4.69) is 12.2 Å². The molecule has 2 atom stereocenters. The SMILES string of the molecule is CC1CC(Nc2cc(F)ccc2F)CS1. The van der Waals surface area contributed by atoms with Gasteiger partial charge in [0.15, 0.2) is 0 Å². The molecule has 1 aromatic rings. The van der Waals surface area contributed by atoms with Gasteiger partial charge in [-0.05, 0) is 24.6 Å². The Morgan fingerprint density at radius 1 is 1.40 bits per heavy atom. The molecular weight excluding hydrogens is 216 g/mol. The van der Waals surface area contributed by atoms with Crippen molar-refractivity contribution < 1.29 is 8.78 Å². The Hall–Kier alpha value is -0.770. The van der Waals surface area contributed by atoms with E-state index in [0.29, 0.717) is 5.25 Å². The van der Waals surface area contributed by atoms with E-state index < -0.39 is 5.82 Å². The highest BCUT2D eigenvalue weighted by atomic mass is 32.2. The van der Waals surface area contributed by atoms with Crippen molar-refractivity contribution in [2.24, 2.45) is 0 Å². The van der Waals surface area contributed by atoms with Gasteiger partial charge in [-0.15, -0.1) is 0 Å². The van der Waals surface area contributed by atoms with E-state index in [4.69, 9.17) is 0 Å². The van der Waals surface area contributed by atoms with Crippen LogP contribution in [0.25, 0.3) is 0 Å². The molecule has 1 aliphatic heterocycles. The fourth-order valence-electron chi connectivity index (χ4n) is 1.75. The third-order valence-corrected chi connectivity index (χ3v) is 3.84. The minimum absolute atomic E-state index is 0.251. The zero-order valence-corrected chi connectivity index (χ0v) is 9.28. The molecule has 1 aliphatic rings. The Morgan fingerprint density at radius 3 is 2.87 bits per heavy atom. The van der Waals surface area contributed by atoms with E-state index in [0.717, 1.165) is 24.3 Å². The van der Waals surface area contributed by atoms with Crippen LogP contribution >= 0.6 is 11.8 Å². The van der Waals surface area contributed by atoms with Crippen molar-refractivity contribution in [3.8, 4) is 0 Å². The molecule has 4 heteroatoms. The van der Waals surface area contributed by atoms with Gasteiger partial charge in [-0.3, -0.25) is 0 Å². The zero-order chi connectivity index (χ0) is 10.8. The first kappa shape index (κ1) is 10.7. The Balaban J connectivity index is 2.07. The van der Waals surface area contributed by atoms with Crippen molar-refractivity contribution >= 4 is 17.4 Å². The van der Waals surface area contributed by atoms with Gasteiger partial charge in [0.2, 0.25) is 0 Å². The second-order valence-electron chi connectivity index (χ2n) is 3.85. The molecular formula is C11H13F2NS. The highest BCUT2D eigenvalue weighted by Crippen LogP contribution is 2.29. The van der Waals surface area contributed by atoms with Crippen LogP contribution < -0.4 is 5.32 Å². The van der Waals surface area contributed by atoms with Crippen LogP contribution in [-0.4, -0.2) is 17.0 Å². The fraction of sp³-hybridized carbons (Fsp3) is 0.455. The minimum atomic E-state index is -0.405. The smallest absolute Gasteiger partial charge is 0.146 e. The molecule has 15 heavy (non-hydrogen) atoms. The van der Waals surface area contributed by atoms with E-state index in [-0.39, 0.29) is 17.5 Å². The number of benzene rings is 1. The van der Waals surface area contributed by atoms with Gasteiger partial charge in [-0.25, -0.2) is 8.78 Å². The van der Waals surface area contributed by atoms with Crippen molar-refractivity contribution in [2.45, 2.75) is 24.6 Å². The summed E-state index contributed by atoms with van der Waals surface area (Å²) in [7, 11) is 0. The predicted molar refractivity (Wildman–Crippen MR) is 60.3 cm³/mol. The van der Waals surface area contributed by atoms with Gasteiger partial charge in [-0.2, -0.15) is 11.8 Å². The molecule has 1 saturated heterocycles. The quantitative estimate of drug-likeness (QED) is 0.835. The Morgan fingerprint density at radius 2 is 2.20 bits per heavy atom. The maximum Gasteiger partial charge on any atom is 0.146 e. The van der Waals surface area contributed by atoms with Crippen LogP contribution in [0, 0.1) is 11.6 Å². The first-order valence-electron chi connectivity index (χ1n) is 4.98. The van der Waals surface area contributed by atoms with Gasteiger partial charge >= 0.3 is 0 Å².